The first-order valence-corrected chi connectivity index (χ1v) is 3.23. The zero-order valence-corrected chi connectivity index (χ0v) is 5.39. The highest BCUT2D eigenvalue weighted by molar-refractivity contribution is 7.99. The smallest absolute Gasteiger partial charge is 0.0985 e. The summed E-state index contributed by atoms with van der Waals surface area (Å²) < 4.78 is 5.44. The van der Waals surface area contributed by atoms with E-state index in [1.807, 2.05) is 0 Å². The standard InChI is InChI=1S/C4H8S.H2S/c1-2-4-5-3-1;/h1-4H2;1H2/i/hD. The van der Waals surface area contributed by atoms with Crippen molar-refractivity contribution in [3.8, 4) is 0 Å². The Bertz CT molecular complexity index is 21.3. The van der Waals surface area contributed by atoms with Crippen molar-refractivity contribution >= 4 is 25.2 Å². The molecule has 0 amide bonds. The van der Waals surface area contributed by atoms with Crippen LogP contribution in [0.2, 0.25) is 0 Å². The SMILES string of the molecule is C1CCSC1.[2H]S. The van der Waals surface area contributed by atoms with Gasteiger partial charge in [0.05, 0.1) is 1.12 Å². The molecule has 1 saturated heterocycles. The van der Waals surface area contributed by atoms with Crippen LogP contribution in [0.4, 0.5) is 0 Å². The van der Waals surface area contributed by atoms with Crippen molar-refractivity contribution in [2.75, 3.05) is 11.5 Å². The molecule has 0 unspecified atom stereocenters. The fourth-order valence-corrected chi connectivity index (χ4v) is 1.53. The monoisotopic (exact) mass is 123 g/mol. The highest BCUT2D eigenvalue weighted by Gasteiger charge is 1.95. The predicted molar refractivity (Wildman–Crippen MR) is 36.9 cm³/mol. The van der Waals surface area contributed by atoms with Crippen molar-refractivity contribution in [1.29, 1.82) is 1.12 Å². The number of hydrogen-bond donors (Lipinski definition) is 0. The van der Waals surface area contributed by atoms with Gasteiger partial charge in [-0.15, -0.1) is 0 Å². The van der Waals surface area contributed by atoms with Crippen molar-refractivity contribution in [3.63, 3.8) is 0 Å². The fourth-order valence-electron chi connectivity index (χ4n) is 0.510. The van der Waals surface area contributed by atoms with Crippen LogP contribution in [-0.2, 0) is 0 Å². The Labute approximate surface area is 51.2 Å². The second kappa shape index (κ2) is 3.88. The third-order valence-electron chi connectivity index (χ3n) is 0.827. The maximum atomic E-state index is 5.44. The van der Waals surface area contributed by atoms with Gasteiger partial charge in [-0.3, -0.25) is 0 Å². The van der Waals surface area contributed by atoms with Gasteiger partial charge in [0.15, 0.2) is 0 Å². The molecule has 38 valence electrons. The van der Waals surface area contributed by atoms with Crippen molar-refractivity contribution in [1.82, 2.24) is 0 Å². The Morgan fingerprint density at radius 3 is 2.00 bits per heavy atom. The molecule has 6 heavy (non-hydrogen) atoms. The van der Waals surface area contributed by atoms with Crippen LogP contribution < -0.4 is 0 Å². The minimum atomic E-state index is 1.42. The maximum absolute atomic E-state index is 5.44. The molecule has 0 aliphatic carbocycles. The zero-order valence-electron chi connectivity index (χ0n) is 4.68. The van der Waals surface area contributed by atoms with E-state index >= 15 is 0 Å². The minimum absolute atomic E-state index is 1.42. The molecule has 0 aromatic heterocycles. The van der Waals surface area contributed by atoms with Gasteiger partial charge in [0.1, 0.15) is 0 Å². The third-order valence-corrected chi connectivity index (χ3v) is 1.98. The second-order valence-corrected chi connectivity index (χ2v) is 2.54. The quantitative estimate of drug-likeness (QED) is 0.472. The summed E-state index contributed by atoms with van der Waals surface area (Å²) in [5.41, 5.74) is 0. The van der Waals surface area contributed by atoms with Crippen molar-refractivity contribution in [3.05, 3.63) is 0 Å². The molecule has 0 aromatic rings. The first kappa shape index (κ1) is 4.85. The first-order valence-electron chi connectivity index (χ1n) is 2.52. The topological polar surface area (TPSA) is 0 Å². The van der Waals surface area contributed by atoms with E-state index in [9.17, 15) is 0 Å². The Hall–Kier alpha value is 0.700. The summed E-state index contributed by atoms with van der Waals surface area (Å²) >= 11 is 4.85. The van der Waals surface area contributed by atoms with Gasteiger partial charge < -0.3 is 0 Å². The van der Waals surface area contributed by atoms with Gasteiger partial charge in [-0.1, -0.05) is 0 Å². The lowest BCUT2D eigenvalue weighted by molar-refractivity contribution is 0.949. The largest absolute Gasteiger partial charge is 0.197 e. The van der Waals surface area contributed by atoms with E-state index in [4.69, 9.17) is 1.12 Å². The second-order valence-electron chi connectivity index (χ2n) is 1.32. The molecule has 1 aliphatic heterocycles. The van der Waals surface area contributed by atoms with Gasteiger partial charge in [-0.2, -0.15) is 25.2 Å². The highest BCUT2D eigenvalue weighted by atomic mass is 32.2. The van der Waals surface area contributed by atoms with Crippen LogP contribution in [0.1, 0.15) is 12.8 Å². The van der Waals surface area contributed by atoms with Crippen LogP contribution in [0.3, 0.4) is 0 Å². The summed E-state index contributed by atoms with van der Waals surface area (Å²) in [7, 11) is 0. The molecule has 1 heterocycles. The van der Waals surface area contributed by atoms with Crippen LogP contribution in [0.5, 0.6) is 0 Å². The molecule has 0 radical (unpaired) electrons. The molecule has 1 aliphatic rings. The molecule has 1 rings (SSSR count). The van der Waals surface area contributed by atoms with E-state index in [2.05, 4.69) is 25.2 Å². The third kappa shape index (κ3) is 1.98. The molecule has 0 N–H and O–H groups in total. The molecule has 0 nitrogen and oxygen atoms in total. The van der Waals surface area contributed by atoms with Crippen molar-refractivity contribution < 1.29 is 0 Å². The molecule has 0 atom stereocenters. The van der Waals surface area contributed by atoms with Gasteiger partial charge in [0.2, 0.25) is 0 Å². The number of thioether (sulfide) groups is 1. The molecule has 0 spiro atoms. The van der Waals surface area contributed by atoms with Gasteiger partial charge in [0.25, 0.3) is 0 Å². The summed E-state index contributed by atoms with van der Waals surface area (Å²) in [6.07, 6.45) is 2.93. The van der Waals surface area contributed by atoms with Crippen LogP contribution >= 0.6 is 25.2 Å². The molecule has 1 fully saturated rings. The van der Waals surface area contributed by atoms with E-state index < -0.39 is 0 Å². The molecular weight excluding hydrogens is 112 g/mol. The predicted octanol–water partition coefficient (Wildman–Crippen LogP) is 1.63. The van der Waals surface area contributed by atoms with E-state index in [0.29, 0.717) is 0 Å². The number of rotatable bonds is 0. The van der Waals surface area contributed by atoms with E-state index in [-0.39, 0.29) is 0 Å². The minimum Gasteiger partial charge on any atom is -0.197 e. The van der Waals surface area contributed by atoms with Crippen molar-refractivity contribution in [2.24, 2.45) is 0 Å². The fraction of sp³-hybridized carbons (Fsp3) is 1.00. The van der Waals surface area contributed by atoms with E-state index in [0.717, 1.165) is 0 Å². The summed E-state index contributed by atoms with van der Waals surface area (Å²) in [6, 6.07) is 0. The Kier molecular flexibility index (Phi) is 3.13. The lowest BCUT2D eigenvalue weighted by Crippen LogP contribution is -1.58. The Morgan fingerprint density at radius 1 is 1.33 bits per heavy atom. The molecule has 0 aromatic carbocycles. The van der Waals surface area contributed by atoms with Crippen molar-refractivity contribution in [2.45, 2.75) is 12.8 Å². The summed E-state index contributed by atoms with van der Waals surface area (Å²) in [5.74, 6) is 2.83. The molecule has 0 bridgehead atoms. The average Bonchev–Trinajstić information content (AvgIpc) is 2.23. The van der Waals surface area contributed by atoms with Gasteiger partial charge >= 0.3 is 0 Å². The number of hydrogen-bond acceptors (Lipinski definition) is 1. The maximum Gasteiger partial charge on any atom is 0.0985 e. The Morgan fingerprint density at radius 2 is 1.83 bits per heavy atom. The summed E-state index contributed by atoms with van der Waals surface area (Å²) in [5, 5.41) is 0. The lowest BCUT2D eigenvalue weighted by atomic mass is 10.4. The zero-order chi connectivity index (χ0) is 5.54. The molecule has 0 saturated carbocycles. The van der Waals surface area contributed by atoms with E-state index in [1.165, 1.54) is 24.3 Å². The lowest BCUT2D eigenvalue weighted by Gasteiger charge is -1.69. The van der Waals surface area contributed by atoms with Crippen LogP contribution in [0, 0.1) is 0 Å². The summed E-state index contributed by atoms with van der Waals surface area (Å²) in [6.45, 7) is 0. The van der Waals surface area contributed by atoms with Gasteiger partial charge in [0, 0.05) is 0 Å². The Balaban J connectivity index is 0.000000162. The van der Waals surface area contributed by atoms with Crippen LogP contribution in [0.15, 0.2) is 0 Å². The highest BCUT2D eigenvalue weighted by Crippen LogP contribution is 2.14. The van der Waals surface area contributed by atoms with E-state index in [1.54, 1.807) is 0 Å². The summed E-state index contributed by atoms with van der Waals surface area (Å²) in [4.78, 5) is 0. The van der Waals surface area contributed by atoms with Gasteiger partial charge in [-0.25, -0.2) is 0 Å². The molecule has 2 heteroatoms. The average molecular weight is 123 g/mol. The first-order chi connectivity index (χ1) is 3.50. The van der Waals surface area contributed by atoms with Crippen LogP contribution in [-0.4, -0.2) is 12.6 Å². The normalized spacial score (nSPS) is 21.2. The van der Waals surface area contributed by atoms with Gasteiger partial charge in [-0.05, 0) is 24.3 Å². The molecular formula is C4H10S2. The van der Waals surface area contributed by atoms with Crippen LogP contribution in [0.25, 0.3) is 0 Å².